The predicted octanol–water partition coefficient (Wildman–Crippen LogP) is 6.06. The van der Waals surface area contributed by atoms with Gasteiger partial charge in [0, 0.05) is 50.0 Å². The van der Waals surface area contributed by atoms with E-state index in [1.54, 1.807) is 45.3 Å². The standard InChI is InChI=1S/C19H22N6O2.C11H13N3O.C8H10ClN3O/c1-12-9-25(11-21-12)15-6-5-14(7-16(15)26-4)22-19-20-8-17-18(23-19)24(3)13(2)10-27-17;1-8-6-14(7-13-8)10-4-3-9(12)5-11(10)15-2;1-5-4-13-6-3-10-8(9)11-7(6)12(5)2/h5-9,11,13H,10H2,1-4H3,(H,20,22,23);3-7H,12H2,1-2H3;3,5H,4H2,1-2H3. The van der Waals surface area contributed by atoms with Gasteiger partial charge >= 0.3 is 0 Å². The van der Waals surface area contributed by atoms with Gasteiger partial charge in [-0.2, -0.15) is 9.97 Å². The third-order valence-corrected chi connectivity index (χ3v) is 9.20. The number of nitrogens with two attached hydrogens (primary N) is 1. The predicted molar refractivity (Wildman–Crippen MR) is 213 cm³/mol. The van der Waals surface area contributed by atoms with Crippen molar-refractivity contribution in [2.75, 3.05) is 62.4 Å². The molecule has 0 saturated carbocycles. The summed E-state index contributed by atoms with van der Waals surface area (Å²) in [5.74, 6) is 4.92. The van der Waals surface area contributed by atoms with Crippen molar-refractivity contribution in [2.45, 2.75) is 39.8 Å². The molecule has 0 spiro atoms. The minimum absolute atomic E-state index is 0.253. The summed E-state index contributed by atoms with van der Waals surface area (Å²) in [6.07, 6.45) is 10.7. The number of nitrogen functional groups attached to an aromatic ring is 1. The SMILES string of the molecule is CC1COc2cnc(Cl)nc2N1C.COc1cc(N)ccc1-n1cnc(C)c1.COc1cc(Nc2ncc3c(n2)N(C)C(C)CO3)ccc1-n1cnc(C)c1. The van der Waals surface area contributed by atoms with Crippen molar-refractivity contribution in [3.63, 3.8) is 0 Å². The monoisotopic (exact) mass is 768 g/mol. The van der Waals surface area contributed by atoms with E-state index in [0.717, 1.165) is 51.6 Å². The van der Waals surface area contributed by atoms with Gasteiger partial charge in [0.05, 0.1) is 74.1 Å². The van der Waals surface area contributed by atoms with Crippen LogP contribution < -0.4 is 39.8 Å². The number of methoxy groups -OCH3 is 2. The molecule has 2 unspecified atom stereocenters. The molecule has 0 aliphatic carbocycles. The van der Waals surface area contributed by atoms with Crippen LogP contribution in [0.5, 0.6) is 23.0 Å². The molecule has 55 heavy (non-hydrogen) atoms. The zero-order valence-electron chi connectivity index (χ0n) is 32.1. The summed E-state index contributed by atoms with van der Waals surface area (Å²) in [6, 6.07) is 12.0. The van der Waals surface area contributed by atoms with Gasteiger partial charge < -0.3 is 48.9 Å². The molecule has 0 radical (unpaired) electrons. The zero-order chi connectivity index (χ0) is 39.2. The molecule has 6 heterocycles. The Bertz CT molecular complexity index is 2250. The number of halogens is 1. The Morgan fingerprint density at radius 2 is 1.27 bits per heavy atom. The summed E-state index contributed by atoms with van der Waals surface area (Å²) >= 11 is 5.69. The normalized spacial score (nSPS) is 15.5. The molecule has 0 saturated heterocycles. The van der Waals surface area contributed by atoms with E-state index in [2.05, 4.69) is 54.0 Å². The van der Waals surface area contributed by atoms with Crippen molar-refractivity contribution in [1.29, 1.82) is 0 Å². The first-order valence-electron chi connectivity index (χ1n) is 17.4. The Morgan fingerprint density at radius 1 is 0.745 bits per heavy atom. The van der Waals surface area contributed by atoms with E-state index in [1.807, 2.05) is 84.7 Å². The van der Waals surface area contributed by atoms with Gasteiger partial charge in [0.2, 0.25) is 11.2 Å². The number of hydrogen-bond donors (Lipinski definition) is 2. The second-order valence-corrected chi connectivity index (χ2v) is 13.4. The molecule has 4 aromatic heterocycles. The first-order valence-corrected chi connectivity index (χ1v) is 17.8. The molecule has 0 fully saturated rings. The number of nitrogens with one attached hydrogen (secondary N) is 1. The molecule has 2 aliphatic rings. The molecule has 2 aromatic carbocycles. The average molecular weight is 769 g/mol. The maximum Gasteiger partial charge on any atom is 0.229 e. The van der Waals surface area contributed by atoms with Crippen LogP contribution >= 0.6 is 11.6 Å². The van der Waals surface area contributed by atoms with Gasteiger partial charge in [-0.15, -0.1) is 0 Å². The molecule has 2 atom stereocenters. The Kier molecular flexibility index (Phi) is 11.7. The summed E-state index contributed by atoms with van der Waals surface area (Å²) < 4.78 is 25.8. The van der Waals surface area contributed by atoms with E-state index in [1.165, 1.54) is 0 Å². The van der Waals surface area contributed by atoms with Crippen molar-refractivity contribution >= 4 is 40.6 Å². The van der Waals surface area contributed by atoms with E-state index in [9.17, 15) is 0 Å². The number of anilines is 5. The van der Waals surface area contributed by atoms with Crippen LogP contribution in [0.25, 0.3) is 11.4 Å². The summed E-state index contributed by atoms with van der Waals surface area (Å²) in [5.41, 5.74) is 11.0. The molecule has 0 bridgehead atoms. The van der Waals surface area contributed by atoms with E-state index >= 15 is 0 Å². The second-order valence-electron chi connectivity index (χ2n) is 13.0. The lowest BCUT2D eigenvalue weighted by Crippen LogP contribution is -2.38. The first kappa shape index (κ1) is 38.4. The number of ether oxygens (including phenoxy) is 4. The molecule has 6 aromatic rings. The number of fused-ring (bicyclic) bond motifs is 2. The molecule has 17 heteroatoms. The number of aryl methyl sites for hydroxylation is 2. The largest absolute Gasteiger partial charge is 0.494 e. The van der Waals surface area contributed by atoms with Gasteiger partial charge in [-0.25, -0.2) is 19.9 Å². The third-order valence-electron chi connectivity index (χ3n) is 9.01. The van der Waals surface area contributed by atoms with E-state index < -0.39 is 0 Å². The van der Waals surface area contributed by atoms with Crippen molar-refractivity contribution < 1.29 is 18.9 Å². The van der Waals surface area contributed by atoms with Crippen LogP contribution in [0.2, 0.25) is 5.28 Å². The van der Waals surface area contributed by atoms with E-state index in [-0.39, 0.29) is 11.3 Å². The number of aromatic nitrogens is 8. The number of hydrogen-bond acceptors (Lipinski definition) is 14. The van der Waals surface area contributed by atoms with Crippen LogP contribution in [0.1, 0.15) is 25.2 Å². The highest BCUT2D eigenvalue weighted by atomic mass is 35.5. The van der Waals surface area contributed by atoms with Crippen LogP contribution in [0.3, 0.4) is 0 Å². The quantitative estimate of drug-likeness (QED) is 0.148. The molecular formula is C38H45ClN12O4. The first-order chi connectivity index (χ1) is 26.4. The summed E-state index contributed by atoms with van der Waals surface area (Å²) in [7, 11) is 7.25. The lowest BCUT2D eigenvalue weighted by atomic mass is 10.2. The molecule has 16 nitrogen and oxygen atoms in total. The summed E-state index contributed by atoms with van der Waals surface area (Å²) in [5, 5.41) is 3.49. The van der Waals surface area contributed by atoms with Gasteiger partial charge in [0.25, 0.3) is 0 Å². The fourth-order valence-corrected chi connectivity index (χ4v) is 5.77. The topological polar surface area (TPSA) is 169 Å². The molecule has 3 N–H and O–H groups in total. The Balaban J connectivity index is 0.000000155. The highest BCUT2D eigenvalue weighted by Crippen LogP contribution is 2.33. The molecule has 0 amide bonds. The third kappa shape index (κ3) is 8.92. The number of rotatable bonds is 6. The number of benzene rings is 2. The summed E-state index contributed by atoms with van der Waals surface area (Å²) in [4.78, 5) is 29.5. The van der Waals surface area contributed by atoms with Gasteiger partial charge in [0.1, 0.15) is 24.7 Å². The molecular weight excluding hydrogens is 724 g/mol. The maximum absolute atomic E-state index is 5.69. The summed E-state index contributed by atoms with van der Waals surface area (Å²) in [6.45, 7) is 9.35. The number of imidazole rings is 2. The number of likely N-dealkylation sites (N-methyl/N-ethyl adjacent to an activating group) is 2. The Labute approximate surface area is 324 Å². The minimum Gasteiger partial charge on any atom is -0.494 e. The zero-order valence-corrected chi connectivity index (χ0v) is 32.8. The second kappa shape index (κ2) is 16.8. The lowest BCUT2D eigenvalue weighted by molar-refractivity contribution is 0.271. The van der Waals surface area contributed by atoms with Gasteiger partial charge in [-0.05, 0) is 63.6 Å². The Hall–Kier alpha value is -6.29. The average Bonchev–Trinajstić information content (AvgIpc) is 3.83. The van der Waals surface area contributed by atoms with E-state index in [0.29, 0.717) is 42.4 Å². The maximum atomic E-state index is 5.69. The lowest BCUT2D eigenvalue weighted by Gasteiger charge is -2.32. The van der Waals surface area contributed by atoms with Gasteiger partial charge in [-0.3, -0.25) is 0 Å². The number of nitrogens with zero attached hydrogens (tertiary/aromatic N) is 10. The van der Waals surface area contributed by atoms with Crippen LogP contribution in [0.4, 0.5) is 29.0 Å². The Morgan fingerprint density at radius 3 is 1.82 bits per heavy atom. The fourth-order valence-electron chi connectivity index (χ4n) is 5.65. The van der Waals surface area contributed by atoms with Crippen LogP contribution in [0, 0.1) is 13.8 Å². The molecule has 2 aliphatic heterocycles. The van der Waals surface area contributed by atoms with Crippen molar-refractivity contribution in [2.24, 2.45) is 0 Å². The van der Waals surface area contributed by atoms with Gasteiger partial charge in [-0.1, -0.05) is 0 Å². The highest BCUT2D eigenvalue weighted by Gasteiger charge is 2.24. The van der Waals surface area contributed by atoms with Crippen LogP contribution in [0.15, 0.2) is 73.8 Å². The van der Waals surface area contributed by atoms with Crippen LogP contribution in [-0.4, -0.2) is 92.7 Å². The van der Waals surface area contributed by atoms with Crippen molar-refractivity contribution in [3.8, 4) is 34.4 Å². The van der Waals surface area contributed by atoms with Crippen molar-refractivity contribution in [1.82, 2.24) is 39.0 Å². The highest BCUT2D eigenvalue weighted by molar-refractivity contribution is 6.28. The fraction of sp³-hybridized carbons (Fsp3) is 0.316. The van der Waals surface area contributed by atoms with Crippen molar-refractivity contribution in [3.05, 3.63) is 90.5 Å². The molecule has 288 valence electrons. The minimum atomic E-state index is 0.253. The molecule has 8 rings (SSSR count). The van der Waals surface area contributed by atoms with Gasteiger partial charge in [0.15, 0.2) is 23.1 Å². The van der Waals surface area contributed by atoms with Crippen LogP contribution in [-0.2, 0) is 0 Å². The smallest absolute Gasteiger partial charge is 0.229 e. The van der Waals surface area contributed by atoms with E-state index in [4.69, 9.17) is 36.3 Å².